The Morgan fingerprint density at radius 3 is 2.19 bits per heavy atom. The van der Waals surface area contributed by atoms with Crippen LogP contribution in [-0.2, 0) is 4.79 Å². The number of urea groups is 1. The van der Waals surface area contributed by atoms with Crippen LogP contribution >= 0.6 is 0 Å². The van der Waals surface area contributed by atoms with Crippen molar-refractivity contribution in [1.29, 1.82) is 5.26 Å². The largest absolute Gasteiger partial charge is 0.480 e. The third-order valence-electron chi connectivity index (χ3n) is 2.59. The van der Waals surface area contributed by atoms with Crippen LogP contribution in [0.4, 0.5) is 4.79 Å². The van der Waals surface area contributed by atoms with Crippen LogP contribution in [0, 0.1) is 11.3 Å². The molecule has 0 aromatic heterocycles. The molecule has 6 nitrogen and oxygen atoms in total. The number of nitriles is 1. The summed E-state index contributed by atoms with van der Waals surface area (Å²) in [6.07, 6.45) is 0.220. The van der Waals surface area contributed by atoms with Crippen LogP contribution in [0.2, 0.25) is 0 Å². The fourth-order valence-corrected chi connectivity index (χ4v) is 1.04. The first-order chi connectivity index (χ1) is 7.32. The standard InChI is InChI=1S/C10H17N3O3/c1-7(5-6-11)12(3)10(16)13(4)8(2)9(14)15/h7-8H,5H2,1-4H3,(H,14,15). The van der Waals surface area contributed by atoms with Gasteiger partial charge in [-0.3, -0.25) is 0 Å². The molecule has 0 aromatic rings. The number of carboxylic acids is 1. The van der Waals surface area contributed by atoms with Crippen molar-refractivity contribution in [3.05, 3.63) is 0 Å². The zero-order valence-corrected chi connectivity index (χ0v) is 9.97. The lowest BCUT2D eigenvalue weighted by atomic mass is 10.2. The predicted octanol–water partition coefficient (Wildman–Crippen LogP) is 0.745. The van der Waals surface area contributed by atoms with E-state index in [4.69, 9.17) is 10.4 Å². The lowest BCUT2D eigenvalue weighted by molar-refractivity contribution is -0.141. The van der Waals surface area contributed by atoms with E-state index in [9.17, 15) is 9.59 Å². The molecule has 2 unspecified atom stereocenters. The van der Waals surface area contributed by atoms with Gasteiger partial charge in [-0.15, -0.1) is 0 Å². The van der Waals surface area contributed by atoms with E-state index in [2.05, 4.69) is 0 Å². The second kappa shape index (κ2) is 5.95. The third kappa shape index (κ3) is 3.42. The van der Waals surface area contributed by atoms with Crippen molar-refractivity contribution < 1.29 is 14.7 Å². The maximum atomic E-state index is 11.8. The van der Waals surface area contributed by atoms with E-state index in [0.717, 1.165) is 4.90 Å². The molecule has 0 aliphatic rings. The second-order valence-electron chi connectivity index (χ2n) is 3.73. The summed E-state index contributed by atoms with van der Waals surface area (Å²) in [4.78, 5) is 25.0. The van der Waals surface area contributed by atoms with Gasteiger partial charge in [0.15, 0.2) is 0 Å². The van der Waals surface area contributed by atoms with Crippen molar-refractivity contribution in [3.8, 4) is 6.07 Å². The van der Waals surface area contributed by atoms with Gasteiger partial charge in [0.1, 0.15) is 6.04 Å². The fourth-order valence-electron chi connectivity index (χ4n) is 1.04. The van der Waals surface area contributed by atoms with Gasteiger partial charge in [-0.2, -0.15) is 5.26 Å². The van der Waals surface area contributed by atoms with Gasteiger partial charge >= 0.3 is 12.0 Å². The number of nitrogens with zero attached hydrogens (tertiary/aromatic N) is 3. The van der Waals surface area contributed by atoms with E-state index in [1.54, 1.807) is 14.0 Å². The molecule has 1 N–H and O–H groups in total. The van der Waals surface area contributed by atoms with Crippen molar-refractivity contribution in [2.24, 2.45) is 0 Å². The third-order valence-corrected chi connectivity index (χ3v) is 2.59. The minimum atomic E-state index is -1.06. The Morgan fingerprint density at radius 2 is 1.81 bits per heavy atom. The van der Waals surface area contributed by atoms with Crippen LogP contribution in [0.5, 0.6) is 0 Å². The SMILES string of the molecule is CC(CC#N)N(C)C(=O)N(C)C(C)C(=O)O. The molecule has 0 aliphatic carbocycles. The van der Waals surface area contributed by atoms with E-state index in [-0.39, 0.29) is 12.5 Å². The molecule has 2 amide bonds. The lowest BCUT2D eigenvalue weighted by Crippen LogP contribution is -2.48. The van der Waals surface area contributed by atoms with Crippen molar-refractivity contribution in [2.45, 2.75) is 32.4 Å². The predicted molar refractivity (Wildman–Crippen MR) is 57.7 cm³/mol. The highest BCUT2D eigenvalue weighted by atomic mass is 16.4. The summed E-state index contributed by atoms with van der Waals surface area (Å²) in [5.74, 6) is -1.06. The molecule has 0 rings (SSSR count). The fraction of sp³-hybridized carbons (Fsp3) is 0.700. The number of likely N-dealkylation sites (N-methyl/N-ethyl adjacent to an activating group) is 1. The average Bonchev–Trinajstić information content (AvgIpc) is 2.25. The van der Waals surface area contributed by atoms with Gasteiger partial charge in [0, 0.05) is 20.1 Å². The van der Waals surface area contributed by atoms with Gasteiger partial charge < -0.3 is 14.9 Å². The summed E-state index contributed by atoms with van der Waals surface area (Å²) < 4.78 is 0. The minimum absolute atomic E-state index is 0.220. The number of carbonyl (C=O) groups is 2. The van der Waals surface area contributed by atoms with E-state index < -0.39 is 18.0 Å². The zero-order valence-electron chi connectivity index (χ0n) is 9.97. The van der Waals surface area contributed by atoms with E-state index in [1.807, 2.05) is 6.07 Å². The first-order valence-corrected chi connectivity index (χ1v) is 4.92. The molecule has 0 heterocycles. The molecule has 2 atom stereocenters. The number of carbonyl (C=O) groups excluding carboxylic acids is 1. The molecular weight excluding hydrogens is 210 g/mol. The van der Waals surface area contributed by atoms with Crippen LogP contribution in [0.1, 0.15) is 20.3 Å². The summed E-state index contributed by atoms with van der Waals surface area (Å²) in [6, 6.07) is 0.440. The van der Waals surface area contributed by atoms with E-state index >= 15 is 0 Å². The zero-order chi connectivity index (χ0) is 12.9. The normalized spacial score (nSPS) is 13.4. The van der Waals surface area contributed by atoms with E-state index in [0.29, 0.717) is 0 Å². The molecule has 6 heteroatoms. The maximum Gasteiger partial charge on any atom is 0.326 e. The molecule has 16 heavy (non-hydrogen) atoms. The lowest BCUT2D eigenvalue weighted by Gasteiger charge is -2.30. The van der Waals surface area contributed by atoms with Gasteiger partial charge in [-0.25, -0.2) is 9.59 Å². The molecule has 0 spiro atoms. The maximum absolute atomic E-state index is 11.8. The van der Waals surface area contributed by atoms with Crippen LogP contribution < -0.4 is 0 Å². The van der Waals surface area contributed by atoms with Gasteiger partial charge in [-0.05, 0) is 13.8 Å². The Bertz CT molecular complexity index is 311. The quantitative estimate of drug-likeness (QED) is 0.767. The Balaban J connectivity index is 4.56. The molecular formula is C10H17N3O3. The molecule has 0 aromatic carbocycles. The Labute approximate surface area is 95.1 Å². The number of hydrogen-bond donors (Lipinski definition) is 1. The van der Waals surface area contributed by atoms with Gasteiger partial charge in [0.25, 0.3) is 0 Å². The summed E-state index contributed by atoms with van der Waals surface area (Å²) in [5, 5.41) is 17.3. The highest BCUT2D eigenvalue weighted by molar-refractivity contribution is 5.82. The van der Waals surface area contributed by atoms with Crippen molar-refractivity contribution in [2.75, 3.05) is 14.1 Å². The molecule has 0 aliphatic heterocycles. The van der Waals surface area contributed by atoms with Crippen LogP contribution in [0.15, 0.2) is 0 Å². The smallest absolute Gasteiger partial charge is 0.326 e. The van der Waals surface area contributed by atoms with Crippen molar-refractivity contribution in [1.82, 2.24) is 9.80 Å². The van der Waals surface area contributed by atoms with E-state index in [1.165, 1.54) is 18.9 Å². The number of rotatable bonds is 4. The first kappa shape index (κ1) is 14.2. The first-order valence-electron chi connectivity index (χ1n) is 4.92. The average molecular weight is 227 g/mol. The highest BCUT2D eigenvalue weighted by Gasteiger charge is 2.26. The topological polar surface area (TPSA) is 84.6 Å². The van der Waals surface area contributed by atoms with Gasteiger partial charge in [-0.1, -0.05) is 0 Å². The minimum Gasteiger partial charge on any atom is -0.480 e. The number of carboxylic acid groups (broad SMARTS) is 1. The number of hydrogen-bond acceptors (Lipinski definition) is 3. The number of aliphatic carboxylic acids is 1. The van der Waals surface area contributed by atoms with Crippen molar-refractivity contribution in [3.63, 3.8) is 0 Å². The molecule has 90 valence electrons. The van der Waals surface area contributed by atoms with Gasteiger partial charge in [0.05, 0.1) is 12.5 Å². The summed E-state index contributed by atoms with van der Waals surface area (Å²) >= 11 is 0. The van der Waals surface area contributed by atoms with Crippen LogP contribution in [0.25, 0.3) is 0 Å². The Hall–Kier alpha value is -1.77. The Morgan fingerprint density at radius 1 is 1.31 bits per heavy atom. The molecule has 0 radical (unpaired) electrons. The molecule has 0 saturated heterocycles. The number of amides is 2. The molecule has 0 saturated carbocycles. The van der Waals surface area contributed by atoms with Crippen LogP contribution in [-0.4, -0.2) is 53.1 Å². The van der Waals surface area contributed by atoms with Crippen LogP contribution in [0.3, 0.4) is 0 Å². The molecule has 0 fully saturated rings. The Kier molecular flexibility index (Phi) is 5.30. The molecule has 0 bridgehead atoms. The highest BCUT2D eigenvalue weighted by Crippen LogP contribution is 2.06. The summed E-state index contributed by atoms with van der Waals surface area (Å²) in [5.41, 5.74) is 0. The van der Waals surface area contributed by atoms with Crippen molar-refractivity contribution >= 4 is 12.0 Å². The summed E-state index contributed by atoms with van der Waals surface area (Å²) in [7, 11) is 2.98. The summed E-state index contributed by atoms with van der Waals surface area (Å²) in [6.45, 7) is 3.17. The van der Waals surface area contributed by atoms with Gasteiger partial charge in [0.2, 0.25) is 0 Å². The monoisotopic (exact) mass is 227 g/mol. The second-order valence-corrected chi connectivity index (χ2v) is 3.73.